The second-order valence-electron chi connectivity index (χ2n) is 7.54. The van der Waals surface area contributed by atoms with Gasteiger partial charge in [-0.25, -0.2) is 0 Å². The highest BCUT2D eigenvalue weighted by Crippen LogP contribution is 2.21. The number of hydrogen-bond acceptors (Lipinski definition) is 2. The van der Waals surface area contributed by atoms with Crippen LogP contribution in [-0.4, -0.2) is 37.3 Å². The van der Waals surface area contributed by atoms with Crippen molar-refractivity contribution in [3.63, 3.8) is 0 Å². The molecule has 0 unspecified atom stereocenters. The van der Waals surface area contributed by atoms with Gasteiger partial charge in [0.05, 0.1) is 32.2 Å². The molecule has 1 aliphatic heterocycles. The van der Waals surface area contributed by atoms with Crippen molar-refractivity contribution in [2.75, 3.05) is 31.1 Å². The molecule has 0 radical (unpaired) electrons. The molecular formula is C22H31N2O+. The van der Waals surface area contributed by atoms with Crippen LogP contribution in [0.2, 0.25) is 0 Å². The fourth-order valence-electron chi connectivity index (χ4n) is 3.84. The van der Waals surface area contributed by atoms with Crippen LogP contribution >= 0.6 is 0 Å². The first kappa shape index (κ1) is 17.8. The fraction of sp³-hybridized carbons (Fsp3) is 0.455. The summed E-state index contributed by atoms with van der Waals surface area (Å²) in [5.74, 6) is 0.352. The summed E-state index contributed by atoms with van der Waals surface area (Å²) in [7, 11) is 0. The highest BCUT2D eigenvalue weighted by molar-refractivity contribution is 5.55. The maximum Gasteiger partial charge on any atom is 0.115 e. The molecule has 2 aromatic carbocycles. The normalized spacial score (nSPS) is 16.8. The van der Waals surface area contributed by atoms with Gasteiger partial charge in [-0.3, -0.25) is 0 Å². The van der Waals surface area contributed by atoms with Crippen LogP contribution in [0.1, 0.15) is 30.0 Å². The maximum atomic E-state index is 9.38. The minimum Gasteiger partial charge on any atom is -0.508 e. The van der Waals surface area contributed by atoms with E-state index in [4.69, 9.17) is 0 Å². The van der Waals surface area contributed by atoms with E-state index in [9.17, 15) is 5.11 Å². The molecular weight excluding hydrogens is 308 g/mol. The van der Waals surface area contributed by atoms with Gasteiger partial charge in [-0.15, -0.1) is 0 Å². The molecule has 2 N–H and O–H groups in total. The molecule has 1 heterocycles. The van der Waals surface area contributed by atoms with Gasteiger partial charge < -0.3 is 14.9 Å². The molecule has 25 heavy (non-hydrogen) atoms. The Kier molecular flexibility index (Phi) is 5.64. The predicted molar refractivity (Wildman–Crippen MR) is 105 cm³/mol. The van der Waals surface area contributed by atoms with Crippen molar-refractivity contribution < 1.29 is 10.0 Å². The first-order valence-electron chi connectivity index (χ1n) is 9.47. The lowest BCUT2D eigenvalue weighted by Crippen LogP contribution is -3.18. The number of anilines is 1. The predicted octanol–water partition coefficient (Wildman–Crippen LogP) is 2.74. The zero-order valence-electron chi connectivity index (χ0n) is 15.8. The molecule has 1 atom stereocenters. The van der Waals surface area contributed by atoms with Gasteiger partial charge in [-0.2, -0.15) is 0 Å². The smallest absolute Gasteiger partial charge is 0.115 e. The topological polar surface area (TPSA) is 27.9 Å². The highest BCUT2D eigenvalue weighted by atomic mass is 16.3. The van der Waals surface area contributed by atoms with Gasteiger partial charge in [0.1, 0.15) is 5.75 Å². The number of phenolic OH excluding ortho intramolecular Hbond substituents is 1. The summed E-state index contributed by atoms with van der Waals surface area (Å²) in [6, 6.07) is 15.1. The fourth-order valence-corrected chi connectivity index (χ4v) is 3.84. The van der Waals surface area contributed by atoms with Crippen LogP contribution < -0.4 is 9.80 Å². The lowest BCUT2D eigenvalue weighted by molar-refractivity contribution is -0.924. The van der Waals surface area contributed by atoms with E-state index in [0.29, 0.717) is 11.8 Å². The minimum atomic E-state index is 0.352. The quantitative estimate of drug-likeness (QED) is 0.877. The van der Waals surface area contributed by atoms with Gasteiger partial charge in [0.15, 0.2) is 0 Å². The molecule has 1 saturated heterocycles. The third kappa shape index (κ3) is 4.55. The molecule has 134 valence electrons. The third-order valence-electron chi connectivity index (χ3n) is 5.61. The largest absolute Gasteiger partial charge is 0.508 e. The summed E-state index contributed by atoms with van der Waals surface area (Å²) in [6.07, 6.45) is 2.29. The molecule has 0 aromatic heterocycles. The Hall–Kier alpha value is -2.00. The molecule has 3 nitrogen and oxygen atoms in total. The standard InChI is InChI=1S/C22H30N2O/c1-17-4-5-18(2)22(16-17)24-14-12-23(13-15-24)19(3)6-7-20-8-10-21(25)11-9-20/h4-5,8-11,16,19,25H,6-7,12-15H2,1-3H3/p+1/t19-/m1/s1. The van der Waals surface area contributed by atoms with E-state index in [-0.39, 0.29) is 0 Å². The monoisotopic (exact) mass is 339 g/mol. The molecule has 0 aliphatic carbocycles. The number of benzene rings is 2. The number of hydrogen-bond donors (Lipinski definition) is 2. The van der Waals surface area contributed by atoms with Crippen molar-refractivity contribution in [2.45, 2.75) is 39.7 Å². The van der Waals surface area contributed by atoms with Crippen molar-refractivity contribution in [3.05, 3.63) is 59.2 Å². The number of rotatable bonds is 5. The molecule has 3 rings (SSSR count). The summed E-state index contributed by atoms with van der Waals surface area (Å²) in [5, 5.41) is 9.38. The Morgan fingerprint density at radius 2 is 1.72 bits per heavy atom. The van der Waals surface area contributed by atoms with Gasteiger partial charge in [0, 0.05) is 12.1 Å². The van der Waals surface area contributed by atoms with Gasteiger partial charge in [-0.05, 0) is 62.1 Å². The zero-order valence-corrected chi connectivity index (χ0v) is 15.8. The SMILES string of the molecule is Cc1ccc(C)c(N2CC[NH+]([C@H](C)CCc3ccc(O)cc3)CC2)c1. The summed E-state index contributed by atoms with van der Waals surface area (Å²) < 4.78 is 0. The molecule has 1 aliphatic rings. The number of nitrogens with zero attached hydrogens (tertiary/aromatic N) is 1. The molecule has 0 bridgehead atoms. The second kappa shape index (κ2) is 7.92. The van der Waals surface area contributed by atoms with E-state index < -0.39 is 0 Å². The number of piperazine rings is 1. The third-order valence-corrected chi connectivity index (χ3v) is 5.61. The summed E-state index contributed by atoms with van der Waals surface area (Å²) in [6.45, 7) is 11.5. The van der Waals surface area contributed by atoms with E-state index in [0.717, 1.165) is 19.5 Å². The lowest BCUT2D eigenvalue weighted by atomic mass is 10.0. The Morgan fingerprint density at radius 1 is 1.04 bits per heavy atom. The van der Waals surface area contributed by atoms with Crippen molar-refractivity contribution >= 4 is 5.69 Å². The molecule has 0 saturated carbocycles. The number of quaternary nitrogens is 1. The van der Waals surface area contributed by atoms with Gasteiger partial charge in [0.25, 0.3) is 0 Å². The van der Waals surface area contributed by atoms with Crippen LogP contribution in [0.5, 0.6) is 5.75 Å². The van der Waals surface area contributed by atoms with Crippen LogP contribution in [0.15, 0.2) is 42.5 Å². The summed E-state index contributed by atoms with van der Waals surface area (Å²) in [4.78, 5) is 4.28. The Morgan fingerprint density at radius 3 is 2.40 bits per heavy atom. The van der Waals surface area contributed by atoms with Crippen LogP contribution in [0, 0.1) is 13.8 Å². The number of phenols is 1. The van der Waals surface area contributed by atoms with E-state index in [1.165, 1.54) is 41.9 Å². The second-order valence-corrected chi connectivity index (χ2v) is 7.54. The van der Waals surface area contributed by atoms with Crippen LogP contribution in [0.3, 0.4) is 0 Å². The Bertz CT molecular complexity index is 688. The van der Waals surface area contributed by atoms with Crippen molar-refractivity contribution in [3.8, 4) is 5.75 Å². The first-order chi connectivity index (χ1) is 12.0. The van der Waals surface area contributed by atoms with Crippen LogP contribution in [-0.2, 0) is 6.42 Å². The average Bonchev–Trinajstić information content (AvgIpc) is 2.63. The Labute approximate surface area is 151 Å². The average molecular weight is 340 g/mol. The molecule has 0 spiro atoms. The van der Waals surface area contributed by atoms with Crippen molar-refractivity contribution in [1.29, 1.82) is 0 Å². The Balaban J connectivity index is 1.51. The maximum absolute atomic E-state index is 9.38. The lowest BCUT2D eigenvalue weighted by Gasteiger charge is -2.37. The number of aromatic hydroxyl groups is 1. The zero-order chi connectivity index (χ0) is 17.8. The number of aryl methyl sites for hydroxylation is 3. The summed E-state index contributed by atoms with van der Waals surface area (Å²) in [5.41, 5.74) is 5.46. The first-order valence-corrected chi connectivity index (χ1v) is 9.47. The highest BCUT2D eigenvalue weighted by Gasteiger charge is 2.25. The summed E-state index contributed by atoms with van der Waals surface area (Å²) >= 11 is 0. The van der Waals surface area contributed by atoms with Crippen LogP contribution in [0.25, 0.3) is 0 Å². The molecule has 2 aromatic rings. The molecule has 3 heteroatoms. The van der Waals surface area contributed by atoms with E-state index in [1.807, 2.05) is 12.1 Å². The minimum absolute atomic E-state index is 0.352. The van der Waals surface area contributed by atoms with E-state index in [2.05, 4.69) is 43.9 Å². The van der Waals surface area contributed by atoms with E-state index in [1.54, 1.807) is 17.0 Å². The van der Waals surface area contributed by atoms with Gasteiger partial charge in [0.2, 0.25) is 0 Å². The number of nitrogens with one attached hydrogen (secondary N) is 1. The van der Waals surface area contributed by atoms with Gasteiger partial charge in [-0.1, -0.05) is 24.3 Å². The van der Waals surface area contributed by atoms with Crippen molar-refractivity contribution in [1.82, 2.24) is 0 Å². The molecule has 0 amide bonds. The van der Waals surface area contributed by atoms with E-state index >= 15 is 0 Å². The van der Waals surface area contributed by atoms with Gasteiger partial charge >= 0.3 is 0 Å². The molecule has 1 fully saturated rings. The van der Waals surface area contributed by atoms with Crippen LogP contribution in [0.4, 0.5) is 5.69 Å². The van der Waals surface area contributed by atoms with Crippen molar-refractivity contribution in [2.24, 2.45) is 0 Å².